The van der Waals surface area contributed by atoms with Gasteiger partial charge in [-0.3, -0.25) is 14.5 Å². The highest BCUT2D eigenvalue weighted by Crippen LogP contribution is 2.44. The molecule has 6 heteroatoms. The van der Waals surface area contributed by atoms with E-state index in [2.05, 4.69) is 15.9 Å². The van der Waals surface area contributed by atoms with Gasteiger partial charge < -0.3 is 9.52 Å². The topological polar surface area (TPSA) is 70.7 Å². The van der Waals surface area contributed by atoms with Gasteiger partial charge in [-0.15, -0.1) is 0 Å². The standard InChI is InChI=1S/C27H20BrNO4/c1-15-7-3-5-9-19(15)24-23(25(30)22-14-17-13-18(28)11-12-21(17)33-22)26(31)27(32)29(24)20-10-6-4-8-16(20)2/h3-14,24,31H,1-2H3. The van der Waals surface area contributed by atoms with Crippen molar-refractivity contribution < 1.29 is 19.1 Å². The summed E-state index contributed by atoms with van der Waals surface area (Å²) in [6, 6.07) is 21.3. The average molecular weight is 502 g/mol. The Bertz CT molecular complexity index is 1470. The minimum Gasteiger partial charge on any atom is -0.503 e. The maximum absolute atomic E-state index is 13.7. The van der Waals surface area contributed by atoms with Crippen LogP contribution < -0.4 is 4.90 Å². The van der Waals surface area contributed by atoms with Crippen LogP contribution in [-0.2, 0) is 4.79 Å². The summed E-state index contributed by atoms with van der Waals surface area (Å²) in [5, 5.41) is 11.7. The molecule has 0 bridgehead atoms. The first-order valence-electron chi connectivity index (χ1n) is 10.5. The summed E-state index contributed by atoms with van der Waals surface area (Å²) in [5.74, 6) is -1.61. The zero-order valence-corrected chi connectivity index (χ0v) is 19.6. The first-order valence-corrected chi connectivity index (χ1v) is 11.3. The highest BCUT2D eigenvalue weighted by molar-refractivity contribution is 9.10. The van der Waals surface area contributed by atoms with Crippen LogP contribution in [0.2, 0.25) is 0 Å². The van der Waals surface area contributed by atoms with E-state index in [0.717, 1.165) is 26.5 Å². The average Bonchev–Trinajstić information content (AvgIpc) is 3.33. The number of anilines is 1. The van der Waals surface area contributed by atoms with Crippen LogP contribution in [0.15, 0.2) is 93.0 Å². The third-order valence-corrected chi connectivity index (χ3v) is 6.51. The maximum Gasteiger partial charge on any atom is 0.294 e. The van der Waals surface area contributed by atoms with Crippen molar-refractivity contribution in [3.05, 3.63) is 111 Å². The number of carbonyl (C=O) groups excluding carboxylic acids is 2. The lowest BCUT2D eigenvalue weighted by molar-refractivity contribution is -0.117. The number of fused-ring (bicyclic) bond motifs is 1. The number of carbonyl (C=O) groups is 2. The van der Waals surface area contributed by atoms with Crippen LogP contribution in [-0.4, -0.2) is 16.8 Å². The number of hydrogen-bond acceptors (Lipinski definition) is 4. The summed E-state index contributed by atoms with van der Waals surface area (Å²) in [4.78, 5) is 28.6. The molecule has 0 saturated heterocycles. The van der Waals surface area contributed by atoms with Gasteiger partial charge in [0.05, 0.1) is 11.6 Å². The van der Waals surface area contributed by atoms with Crippen LogP contribution in [0.5, 0.6) is 0 Å². The van der Waals surface area contributed by atoms with Gasteiger partial charge in [0.1, 0.15) is 5.58 Å². The molecule has 0 spiro atoms. The Labute approximate surface area is 199 Å². The lowest BCUT2D eigenvalue weighted by atomic mass is 9.91. The fraction of sp³-hybridized carbons (Fsp3) is 0.111. The molecule has 0 saturated carbocycles. The summed E-state index contributed by atoms with van der Waals surface area (Å²) in [7, 11) is 0. The molecule has 1 aromatic heterocycles. The Hall–Kier alpha value is -3.64. The lowest BCUT2D eigenvalue weighted by Crippen LogP contribution is -2.32. The largest absolute Gasteiger partial charge is 0.503 e. The second-order valence-electron chi connectivity index (χ2n) is 8.10. The molecular formula is C27H20BrNO4. The van der Waals surface area contributed by atoms with Crippen molar-refractivity contribution in [3.8, 4) is 0 Å². The molecule has 1 aliphatic heterocycles. The molecule has 3 aromatic carbocycles. The van der Waals surface area contributed by atoms with E-state index < -0.39 is 23.5 Å². The van der Waals surface area contributed by atoms with Crippen molar-refractivity contribution in [2.75, 3.05) is 4.90 Å². The summed E-state index contributed by atoms with van der Waals surface area (Å²) in [6.45, 7) is 3.82. The Balaban J connectivity index is 1.70. The highest BCUT2D eigenvalue weighted by atomic mass is 79.9. The van der Waals surface area contributed by atoms with Crippen LogP contribution >= 0.6 is 15.9 Å². The van der Waals surface area contributed by atoms with Crippen LogP contribution in [0.1, 0.15) is 33.3 Å². The SMILES string of the molecule is Cc1ccccc1C1C(C(=O)c2cc3cc(Br)ccc3o2)=C(O)C(=O)N1c1ccccc1C. The van der Waals surface area contributed by atoms with E-state index >= 15 is 0 Å². The molecule has 0 radical (unpaired) electrons. The molecular weight excluding hydrogens is 482 g/mol. The van der Waals surface area contributed by atoms with E-state index in [9.17, 15) is 14.7 Å². The van der Waals surface area contributed by atoms with Gasteiger partial charge in [0, 0.05) is 15.5 Å². The first-order chi connectivity index (χ1) is 15.9. The Morgan fingerprint density at radius 2 is 1.67 bits per heavy atom. The molecule has 1 atom stereocenters. The number of furan rings is 1. The smallest absolute Gasteiger partial charge is 0.294 e. The number of para-hydroxylation sites is 1. The van der Waals surface area contributed by atoms with Crippen LogP contribution in [0, 0.1) is 13.8 Å². The van der Waals surface area contributed by atoms with E-state index in [-0.39, 0.29) is 11.3 Å². The summed E-state index contributed by atoms with van der Waals surface area (Å²) < 4.78 is 6.67. The number of benzene rings is 3. The van der Waals surface area contributed by atoms with Crippen LogP contribution in [0.3, 0.4) is 0 Å². The number of nitrogens with zero attached hydrogens (tertiary/aromatic N) is 1. The van der Waals surface area contributed by atoms with Crippen molar-refractivity contribution >= 4 is 44.3 Å². The molecule has 5 rings (SSSR count). The molecule has 1 aliphatic rings. The number of aliphatic hydroxyl groups is 1. The van der Waals surface area contributed by atoms with Crippen molar-refractivity contribution in [3.63, 3.8) is 0 Å². The quantitative estimate of drug-likeness (QED) is 0.320. The van der Waals surface area contributed by atoms with E-state index in [0.29, 0.717) is 11.3 Å². The van der Waals surface area contributed by atoms with E-state index in [1.807, 2.05) is 74.5 Å². The zero-order valence-electron chi connectivity index (χ0n) is 18.0. The summed E-state index contributed by atoms with van der Waals surface area (Å²) >= 11 is 3.42. The van der Waals surface area contributed by atoms with Gasteiger partial charge in [-0.1, -0.05) is 58.4 Å². The number of hydrogen-bond donors (Lipinski definition) is 1. The molecule has 33 heavy (non-hydrogen) atoms. The van der Waals surface area contributed by atoms with Gasteiger partial charge in [-0.25, -0.2) is 0 Å². The molecule has 4 aromatic rings. The molecule has 0 fully saturated rings. The van der Waals surface area contributed by atoms with E-state index in [4.69, 9.17) is 4.42 Å². The van der Waals surface area contributed by atoms with Crippen molar-refractivity contribution in [1.82, 2.24) is 0 Å². The van der Waals surface area contributed by atoms with E-state index in [1.54, 1.807) is 12.1 Å². The molecule has 2 heterocycles. The van der Waals surface area contributed by atoms with Gasteiger partial charge in [-0.05, 0) is 60.9 Å². The molecule has 5 nitrogen and oxygen atoms in total. The summed E-state index contributed by atoms with van der Waals surface area (Å²) in [6.07, 6.45) is 0. The first kappa shape index (κ1) is 21.2. The van der Waals surface area contributed by atoms with Crippen molar-refractivity contribution in [2.45, 2.75) is 19.9 Å². The molecule has 1 amide bonds. The van der Waals surface area contributed by atoms with Crippen molar-refractivity contribution in [2.24, 2.45) is 0 Å². The Morgan fingerprint density at radius 1 is 0.970 bits per heavy atom. The second kappa shape index (κ2) is 8.05. The van der Waals surface area contributed by atoms with Gasteiger partial charge in [0.15, 0.2) is 11.5 Å². The fourth-order valence-electron chi connectivity index (χ4n) is 4.37. The van der Waals surface area contributed by atoms with Crippen LogP contribution in [0.4, 0.5) is 5.69 Å². The Kier molecular flexibility index (Phi) is 5.17. The summed E-state index contributed by atoms with van der Waals surface area (Å²) in [5.41, 5.74) is 3.73. The number of aliphatic hydroxyl groups excluding tert-OH is 1. The molecule has 1 N–H and O–H groups in total. The monoisotopic (exact) mass is 501 g/mol. The predicted octanol–water partition coefficient (Wildman–Crippen LogP) is 6.60. The highest BCUT2D eigenvalue weighted by Gasteiger charge is 2.46. The molecule has 1 unspecified atom stereocenters. The second-order valence-corrected chi connectivity index (χ2v) is 9.02. The third-order valence-electron chi connectivity index (χ3n) is 6.01. The molecule has 0 aliphatic carbocycles. The lowest BCUT2D eigenvalue weighted by Gasteiger charge is -2.29. The number of ketones is 1. The van der Waals surface area contributed by atoms with Crippen molar-refractivity contribution in [1.29, 1.82) is 0 Å². The van der Waals surface area contributed by atoms with Crippen LogP contribution in [0.25, 0.3) is 11.0 Å². The maximum atomic E-state index is 13.7. The van der Waals surface area contributed by atoms with Gasteiger partial charge >= 0.3 is 0 Å². The minimum atomic E-state index is -0.785. The fourth-order valence-corrected chi connectivity index (χ4v) is 4.74. The van der Waals surface area contributed by atoms with Gasteiger partial charge in [0.25, 0.3) is 5.91 Å². The predicted molar refractivity (Wildman–Crippen MR) is 130 cm³/mol. The minimum absolute atomic E-state index is 0.00988. The normalized spacial score (nSPS) is 16.2. The number of Topliss-reactive ketones (excluding diaryl/α,β-unsaturated/α-hetero) is 1. The number of amides is 1. The number of rotatable bonds is 4. The third kappa shape index (κ3) is 3.47. The molecule has 164 valence electrons. The van der Waals surface area contributed by atoms with Gasteiger partial charge in [-0.2, -0.15) is 0 Å². The number of halogens is 1. The zero-order chi connectivity index (χ0) is 23.3. The van der Waals surface area contributed by atoms with Gasteiger partial charge in [0.2, 0.25) is 5.78 Å². The number of aryl methyl sites for hydroxylation is 2. The Morgan fingerprint density at radius 3 is 2.39 bits per heavy atom. The van der Waals surface area contributed by atoms with E-state index in [1.165, 1.54) is 4.90 Å².